The average molecular weight is 320 g/mol. The van der Waals surface area contributed by atoms with E-state index in [-0.39, 0.29) is 31.2 Å². The molecule has 0 bridgehead atoms. The lowest BCUT2D eigenvalue weighted by Crippen LogP contribution is -2.52. The Morgan fingerprint density at radius 1 is 1.13 bits per heavy atom. The monoisotopic (exact) mass is 320 g/mol. The summed E-state index contributed by atoms with van der Waals surface area (Å²) in [5.74, 6) is -1.61. The molecule has 0 aliphatic rings. The van der Waals surface area contributed by atoms with E-state index in [0.29, 0.717) is 12.8 Å². The van der Waals surface area contributed by atoms with Crippen molar-refractivity contribution in [3.8, 4) is 0 Å². The predicted octanol–water partition coefficient (Wildman–Crippen LogP) is 1.49. The van der Waals surface area contributed by atoms with Crippen molar-refractivity contribution in [3.05, 3.63) is 35.9 Å². The average Bonchev–Trinajstić information content (AvgIpc) is 2.48. The second-order valence-electron chi connectivity index (χ2n) is 5.70. The third-order valence-electron chi connectivity index (χ3n) is 3.52. The van der Waals surface area contributed by atoms with Crippen LogP contribution in [-0.4, -0.2) is 35.0 Å². The van der Waals surface area contributed by atoms with Gasteiger partial charge in [0.2, 0.25) is 11.8 Å². The number of hydrogen-bond donors (Lipinski definition) is 3. The van der Waals surface area contributed by atoms with Gasteiger partial charge >= 0.3 is 5.97 Å². The molecule has 0 spiro atoms. The second-order valence-corrected chi connectivity index (χ2v) is 5.70. The largest absolute Gasteiger partial charge is 0.480 e. The Balaban J connectivity index is 2.36. The van der Waals surface area contributed by atoms with E-state index in [2.05, 4.69) is 10.6 Å². The van der Waals surface area contributed by atoms with Gasteiger partial charge in [-0.25, -0.2) is 4.79 Å². The van der Waals surface area contributed by atoms with Crippen molar-refractivity contribution < 1.29 is 19.5 Å². The number of benzene rings is 1. The van der Waals surface area contributed by atoms with Crippen LogP contribution in [0.3, 0.4) is 0 Å². The van der Waals surface area contributed by atoms with Crippen molar-refractivity contribution in [2.75, 3.05) is 6.54 Å². The van der Waals surface area contributed by atoms with Crippen molar-refractivity contribution in [2.24, 2.45) is 0 Å². The van der Waals surface area contributed by atoms with E-state index >= 15 is 0 Å². The van der Waals surface area contributed by atoms with Crippen molar-refractivity contribution >= 4 is 17.8 Å². The summed E-state index contributed by atoms with van der Waals surface area (Å²) in [6, 6.07) is 9.30. The van der Waals surface area contributed by atoms with Gasteiger partial charge in [-0.2, -0.15) is 0 Å². The Hall–Kier alpha value is -2.37. The third kappa shape index (κ3) is 6.50. The lowest BCUT2D eigenvalue weighted by atomic mass is 9.96. The first-order valence-electron chi connectivity index (χ1n) is 7.72. The van der Waals surface area contributed by atoms with Gasteiger partial charge in [0, 0.05) is 13.0 Å². The normalized spacial score (nSPS) is 13.0. The highest BCUT2D eigenvalue weighted by Gasteiger charge is 2.33. The Kier molecular flexibility index (Phi) is 7.25. The van der Waals surface area contributed by atoms with E-state index in [1.54, 1.807) is 0 Å². The van der Waals surface area contributed by atoms with Gasteiger partial charge in [-0.1, -0.05) is 43.7 Å². The van der Waals surface area contributed by atoms with Crippen molar-refractivity contribution in [1.29, 1.82) is 0 Å². The topological polar surface area (TPSA) is 95.5 Å². The summed E-state index contributed by atoms with van der Waals surface area (Å²) < 4.78 is 0. The number of hydrogen-bond acceptors (Lipinski definition) is 3. The number of amides is 2. The minimum Gasteiger partial charge on any atom is -0.480 e. The maximum absolute atomic E-state index is 11.9. The molecule has 1 aromatic carbocycles. The molecule has 3 N–H and O–H groups in total. The van der Waals surface area contributed by atoms with Gasteiger partial charge in [-0.05, 0) is 18.9 Å². The summed E-state index contributed by atoms with van der Waals surface area (Å²) in [4.78, 5) is 34.9. The van der Waals surface area contributed by atoms with Crippen LogP contribution in [-0.2, 0) is 20.8 Å². The molecule has 0 aliphatic carbocycles. The molecule has 0 radical (unpaired) electrons. The quantitative estimate of drug-likeness (QED) is 0.642. The number of nitrogens with one attached hydrogen (secondary N) is 2. The summed E-state index contributed by atoms with van der Waals surface area (Å²) in [5.41, 5.74) is -0.365. The van der Waals surface area contributed by atoms with E-state index < -0.39 is 11.5 Å². The first-order valence-corrected chi connectivity index (χ1v) is 7.72. The molecule has 1 unspecified atom stereocenters. The van der Waals surface area contributed by atoms with E-state index in [0.717, 1.165) is 5.56 Å². The van der Waals surface area contributed by atoms with Gasteiger partial charge in [0.1, 0.15) is 5.54 Å². The van der Waals surface area contributed by atoms with Gasteiger partial charge in [0.15, 0.2) is 0 Å². The molecule has 23 heavy (non-hydrogen) atoms. The van der Waals surface area contributed by atoms with Gasteiger partial charge < -0.3 is 15.7 Å². The van der Waals surface area contributed by atoms with E-state index in [1.165, 1.54) is 6.92 Å². The molecule has 126 valence electrons. The number of rotatable bonds is 9. The van der Waals surface area contributed by atoms with Crippen LogP contribution >= 0.6 is 0 Å². The minimum atomic E-state index is -1.26. The van der Waals surface area contributed by atoms with Crippen molar-refractivity contribution in [3.63, 3.8) is 0 Å². The van der Waals surface area contributed by atoms with E-state index in [9.17, 15) is 19.5 Å². The molecule has 0 saturated heterocycles. The fraction of sp³-hybridized carbons (Fsp3) is 0.471. The Morgan fingerprint density at radius 2 is 1.78 bits per heavy atom. The number of aliphatic carboxylic acids is 1. The van der Waals surface area contributed by atoms with Crippen molar-refractivity contribution in [2.45, 2.75) is 45.1 Å². The number of carbonyl (C=O) groups is 3. The fourth-order valence-electron chi connectivity index (χ4n) is 2.25. The van der Waals surface area contributed by atoms with E-state index in [4.69, 9.17) is 0 Å². The lowest BCUT2D eigenvalue weighted by molar-refractivity contribution is -0.147. The number of carboxylic acid groups (broad SMARTS) is 1. The van der Waals surface area contributed by atoms with Crippen molar-refractivity contribution in [1.82, 2.24) is 10.6 Å². The Morgan fingerprint density at radius 3 is 2.35 bits per heavy atom. The molecule has 0 aromatic heterocycles. The van der Waals surface area contributed by atoms with Gasteiger partial charge in [0.25, 0.3) is 0 Å². The van der Waals surface area contributed by atoms with Crippen LogP contribution in [0.25, 0.3) is 0 Å². The molecule has 1 aromatic rings. The Labute approximate surface area is 136 Å². The molecule has 6 heteroatoms. The molecule has 0 heterocycles. The Bertz CT molecular complexity index is 545. The third-order valence-corrected chi connectivity index (χ3v) is 3.52. The molecule has 1 atom stereocenters. The van der Waals surface area contributed by atoms with Gasteiger partial charge in [0.05, 0.1) is 6.42 Å². The molecule has 0 fully saturated rings. The van der Waals surface area contributed by atoms with Gasteiger partial charge in [-0.3, -0.25) is 9.59 Å². The highest BCUT2D eigenvalue weighted by molar-refractivity contribution is 5.87. The van der Waals surface area contributed by atoms with Crippen LogP contribution in [0.1, 0.15) is 38.7 Å². The van der Waals surface area contributed by atoms with Crippen LogP contribution in [0.15, 0.2) is 30.3 Å². The molecule has 0 aliphatic heterocycles. The molecule has 2 amide bonds. The summed E-state index contributed by atoms with van der Waals surface area (Å²) in [7, 11) is 0. The first-order chi connectivity index (χ1) is 10.9. The zero-order chi connectivity index (χ0) is 17.3. The SMILES string of the molecule is CCCC(C)(NC(=O)CCNC(=O)Cc1ccccc1)C(=O)O. The fourth-order valence-corrected chi connectivity index (χ4v) is 2.25. The summed E-state index contributed by atoms with van der Waals surface area (Å²) >= 11 is 0. The summed E-state index contributed by atoms with van der Waals surface area (Å²) in [6.45, 7) is 3.53. The molecular formula is C17H24N2O4. The van der Waals surface area contributed by atoms with Crippen LogP contribution in [0.2, 0.25) is 0 Å². The standard InChI is InChI=1S/C17H24N2O4/c1-3-10-17(2,16(22)23)19-14(20)9-11-18-15(21)12-13-7-5-4-6-8-13/h4-8H,3,9-12H2,1-2H3,(H,18,21)(H,19,20)(H,22,23). The molecule has 1 rings (SSSR count). The summed E-state index contributed by atoms with van der Waals surface area (Å²) in [5, 5.41) is 14.4. The first kappa shape index (κ1) is 18.7. The highest BCUT2D eigenvalue weighted by Crippen LogP contribution is 2.12. The van der Waals surface area contributed by atoms with E-state index in [1.807, 2.05) is 37.3 Å². The molecule has 0 saturated carbocycles. The zero-order valence-electron chi connectivity index (χ0n) is 13.6. The smallest absolute Gasteiger partial charge is 0.329 e. The molecular weight excluding hydrogens is 296 g/mol. The molecule has 6 nitrogen and oxygen atoms in total. The van der Waals surface area contributed by atoms with Gasteiger partial charge in [-0.15, -0.1) is 0 Å². The minimum absolute atomic E-state index is 0.0487. The predicted molar refractivity (Wildman–Crippen MR) is 86.9 cm³/mol. The lowest BCUT2D eigenvalue weighted by Gasteiger charge is -2.25. The number of carboxylic acids is 1. The van der Waals surface area contributed by atoms with Crippen LogP contribution in [0, 0.1) is 0 Å². The number of carbonyl (C=O) groups excluding carboxylic acids is 2. The highest BCUT2D eigenvalue weighted by atomic mass is 16.4. The zero-order valence-corrected chi connectivity index (χ0v) is 13.6. The second kappa shape index (κ2) is 8.92. The summed E-state index contributed by atoms with van der Waals surface area (Å²) in [6.07, 6.45) is 1.31. The maximum atomic E-state index is 11.9. The maximum Gasteiger partial charge on any atom is 0.329 e. The van der Waals surface area contributed by atoms with Crippen LogP contribution in [0.5, 0.6) is 0 Å². The van der Waals surface area contributed by atoms with Crippen LogP contribution in [0.4, 0.5) is 0 Å². The van der Waals surface area contributed by atoms with Crippen LogP contribution < -0.4 is 10.6 Å².